The van der Waals surface area contributed by atoms with Crippen LogP contribution in [0.5, 0.6) is 11.5 Å². The van der Waals surface area contributed by atoms with Crippen LogP contribution in [0.25, 0.3) is 10.8 Å². The van der Waals surface area contributed by atoms with Crippen LogP contribution < -0.4 is 20.1 Å². The van der Waals surface area contributed by atoms with Gasteiger partial charge in [0, 0.05) is 23.4 Å². The summed E-state index contributed by atoms with van der Waals surface area (Å²) in [6, 6.07) is 21.2. The van der Waals surface area contributed by atoms with Gasteiger partial charge >= 0.3 is 0 Å². The van der Waals surface area contributed by atoms with E-state index in [4.69, 9.17) is 9.47 Å². The molecule has 178 valence electrons. The number of ether oxygens (including phenoxy) is 2. The van der Waals surface area contributed by atoms with Gasteiger partial charge in [0.2, 0.25) is 11.8 Å². The van der Waals surface area contributed by atoms with Crippen LogP contribution in [0.3, 0.4) is 0 Å². The summed E-state index contributed by atoms with van der Waals surface area (Å²) in [7, 11) is 1.55. The second-order valence-electron chi connectivity index (χ2n) is 7.87. The molecule has 3 aromatic carbocycles. The molecule has 0 saturated heterocycles. The average molecular weight is 488 g/mol. The highest BCUT2D eigenvalue weighted by atomic mass is 32.2. The van der Waals surface area contributed by atoms with Crippen molar-refractivity contribution in [3.63, 3.8) is 0 Å². The Labute approximate surface area is 208 Å². The first kappa shape index (κ1) is 24.2. The number of amides is 2. The number of methoxy groups -OCH3 is 1. The van der Waals surface area contributed by atoms with Crippen LogP contribution in [-0.4, -0.2) is 31.3 Å². The number of nitrogens with one attached hydrogen (secondary N) is 2. The molecule has 0 saturated carbocycles. The molecule has 0 aromatic heterocycles. The third-order valence-corrected chi connectivity index (χ3v) is 6.67. The molecule has 8 heteroatoms. The molecule has 0 unspecified atom stereocenters. The average Bonchev–Trinajstić information content (AvgIpc) is 2.87. The number of carbonyl (C=O) groups is 2. The van der Waals surface area contributed by atoms with Crippen molar-refractivity contribution in [1.82, 2.24) is 5.32 Å². The number of nitrogens with zero attached hydrogens (tertiary/aromatic N) is 1. The lowest BCUT2D eigenvalue weighted by molar-refractivity contribution is -0.121. The third kappa shape index (κ3) is 5.42. The van der Waals surface area contributed by atoms with Crippen LogP contribution in [0, 0.1) is 11.3 Å². The van der Waals surface area contributed by atoms with E-state index in [0.29, 0.717) is 28.7 Å². The minimum absolute atomic E-state index is 0.0450. The van der Waals surface area contributed by atoms with Crippen molar-refractivity contribution in [3.8, 4) is 17.6 Å². The van der Waals surface area contributed by atoms with Gasteiger partial charge in [0.25, 0.3) is 0 Å². The fourth-order valence-electron chi connectivity index (χ4n) is 4.05. The molecule has 0 aliphatic carbocycles. The van der Waals surface area contributed by atoms with Gasteiger partial charge in [-0.05, 0) is 36.1 Å². The Hall–Kier alpha value is -3.96. The molecule has 0 radical (unpaired) electrons. The Morgan fingerprint density at radius 3 is 2.74 bits per heavy atom. The Morgan fingerprint density at radius 2 is 1.97 bits per heavy atom. The summed E-state index contributed by atoms with van der Waals surface area (Å²) in [6.45, 7) is 2.38. The van der Waals surface area contributed by atoms with Crippen molar-refractivity contribution in [2.45, 2.75) is 19.3 Å². The monoisotopic (exact) mass is 487 g/mol. The number of allylic oxidation sites excluding steroid dienone is 1. The first-order valence-electron chi connectivity index (χ1n) is 11.2. The van der Waals surface area contributed by atoms with Crippen LogP contribution in [0.2, 0.25) is 0 Å². The number of nitriles is 1. The number of hydrogen-bond acceptors (Lipinski definition) is 6. The zero-order valence-corrected chi connectivity index (χ0v) is 20.3. The number of carbonyl (C=O) groups excluding carboxylic acids is 2. The normalized spacial score (nSPS) is 15.3. The lowest BCUT2D eigenvalue weighted by atomic mass is 9.87. The standard InChI is InChI=1S/C27H25N3O4S/c1-3-34-23-12-11-18(13-24(23)33-2)20-14-25(31)30-27(21(20)15-28)35-16-26(32)29-22-10-6-8-17-7-4-5-9-19(17)22/h4-13,20H,3,14,16H2,1-2H3,(H,29,32)(H,30,31)/t20-/m1/s1. The summed E-state index contributed by atoms with van der Waals surface area (Å²) in [5, 5.41) is 18.0. The topological polar surface area (TPSA) is 100 Å². The zero-order valence-electron chi connectivity index (χ0n) is 19.5. The molecule has 1 aliphatic heterocycles. The molecule has 3 aromatic rings. The SMILES string of the molecule is CCOc1ccc([C@H]2CC(=O)NC(SCC(=O)Nc3cccc4ccccc34)=C2C#N)cc1OC. The summed E-state index contributed by atoms with van der Waals surface area (Å²) in [5.74, 6) is 0.303. The molecule has 1 atom stereocenters. The van der Waals surface area contributed by atoms with Crippen molar-refractivity contribution >= 4 is 40.0 Å². The molecule has 0 bridgehead atoms. The highest BCUT2D eigenvalue weighted by Gasteiger charge is 2.30. The Kier molecular flexibility index (Phi) is 7.58. The van der Waals surface area contributed by atoms with E-state index in [1.165, 1.54) is 0 Å². The summed E-state index contributed by atoms with van der Waals surface area (Å²) in [5.41, 5.74) is 1.91. The minimum Gasteiger partial charge on any atom is -0.493 e. The van der Waals surface area contributed by atoms with Gasteiger partial charge in [0.1, 0.15) is 0 Å². The number of anilines is 1. The molecule has 2 amide bonds. The van der Waals surface area contributed by atoms with E-state index in [1.807, 2.05) is 55.5 Å². The van der Waals surface area contributed by atoms with Gasteiger partial charge in [0.15, 0.2) is 11.5 Å². The van der Waals surface area contributed by atoms with Gasteiger partial charge in [0.05, 0.1) is 36.1 Å². The highest BCUT2D eigenvalue weighted by Crippen LogP contribution is 2.39. The number of fused-ring (bicyclic) bond motifs is 1. The van der Waals surface area contributed by atoms with Crippen LogP contribution in [0.1, 0.15) is 24.8 Å². The molecule has 0 fully saturated rings. The third-order valence-electron chi connectivity index (χ3n) is 5.66. The fourth-order valence-corrected chi connectivity index (χ4v) is 4.93. The Bertz CT molecular complexity index is 1340. The lowest BCUT2D eigenvalue weighted by Gasteiger charge is -2.25. The predicted molar refractivity (Wildman–Crippen MR) is 137 cm³/mol. The Balaban J connectivity index is 1.53. The molecule has 2 N–H and O–H groups in total. The molecule has 0 spiro atoms. The summed E-state index contributed by atoms with van der Waals surface area (Å²) < 4.78 is 11.0. The van der Waals surface area contributed by atoms with Crippen molar-refractivity contribution in [2.75, 3.05) is 24.8 Å². The van der Waals surface area contributed by atoms with Crippen molar-refractivity contribution in [3.05, 3.63) is 76.8 Å². The molecule has 7 nitrogen and oxygen atoms in total. The summed E-state index contributed by atoms with van der Waals surface area (Å²) in [6.07, 6.45) is 0.131. The van der Waals surface area contributed by atoms with Gasteiger partial charge in [-0.2, -0.15) is 5.26 Å². The number of rotatable bonds is 8. The summed E-state index contributed by atoms with van der Waals surface area (Å²) in [4.78, 5) is 25.2. The molecule has 4 rings (SSSR count). The second-order valence-corrected chi connectivity index (χ2v) is 8.85. The van der Waals surface area contributed by atoms with E-state index >= 15 is 0 Å². The van der Waals surface area contributed by atoms with Crippen molar-refractivity contribution in [1.29, 1.82) is 5.26 Å². The van der Waals surface area contributed by atoms with E-state index in [9.17, 15) is 14.9 Å². The summed E-state index contributed by atoms with van der Waals surface area (Å²) >= 11 is 1.14. The number of thioether (sulfide) groups is 1. The molecular weight excluding hydrogens is 462 g/mol. The fraction of sp³-hybridized carbons (Fsp3) is 0.222. The van der Waals surface area contributed by atoms with Crippen LogP contribution in [0.4, 0.5) is 5.69 Å². The van der Waals surface area contributed by atoms with E-state index in [1.54, 1.807) is 19.2 Å². The molecule has 1 heterocycles. The molecule has 1 aliphatic rings. The molecule has 35 heavy (non-hydrogen) atoms. The van der Waals surface area contributed by atoms with E-state index < -0.39 is 5.92 Å². The second kappa shape index (κ2) is 11.0. The maximum atomic E-state index is 12.7. The zero-order chi connectivity index (χ0) is 24.8. The Morgan fingerprint density at radius 1 is 1.17 bits per heavy atom. The van der Waals surface area contributed by atoms with Crippen LogP contribution in [-0.2, 0) is 9.59 Å². The lowest BCUT2D eigenvalue weighted by Crippen LogP contribution is -2.31. The van der Waals surface area contributed by atoms with Gasteiger partial charge in [-0.15, -0.1) is 0 Å². The highest BCUT2D eigenvalue weighted by molar-refractivity contribution is 8.03. The quantitative estimate of drug-likeness (QED) is 0.466. The maximum Gasteiger partial charge on any atom is 0.234 e. The largest absolute Gasteiger partial charge is 0.493 e. The predicted octanol–water partition coefficient (Wildman–Crippen LogP) is 4.96. The van der Waals surface area contributed by atoms with Gasteiger partial charge in [-0.25, -0.2) is 0 Å². The maximum absolute atomic E-state index is 12.7. The smallest absolute Gasteiger partial charge is 0.234 e. The van der Waals surface area contributed by atoms with E-state index in [2.05, 4.69) is 16.7 Å². The minimum atomic E-state index is -0.443. The molecular formula is C27H25N3O4S. The van der Waals surface area contributed by atoms with Gasteiger partial charge in [-0.1, -0.05) is 54.2 Å². The van der Waals surface area contributed by atoms with Gasteiger partial charge in [-0.3, -0.25) is 9.59 Å². The van der Waals surface area contributed by atoms with Crippen molar-refractivity contribution < 1.29 is 19.1 Å². The van der Waals surface area contributed by atoms with E-state index in [0.717, 1.165) is 33.8 Å². The van der Waals surface area contributed by atoms with E-state index in [-0.39, 0.29) is 24.0 Å². The van der Waals surface area contributed by atoms with Gasteiger partial charge < -0.3 is 20.1 Å². The first-order valence-corrected chi connectivity index (χ1v) is 12.2. The number of benzene rings is 3. The van der Waals surface area contributed by atoms with Crippen molar-refractivity contribution in [2.24, 2.45) is 0 Å². The first-order chi connectivity index (χ1) is 17.0. The van der Waals surface area contributed by atoms with Crippen LogP contribution in [0.15, 0.2) is 71.3 Å². The van der Waals surface area contributed by atoms with Crippen LogP contribution >= 0.6 is 11.8 Å². The number of hydrogen-bond donors (Lipinski definition) is 2.